The third-order valence-corrected chi connectivity index (χ3v) is 5.02. The van der Waals surface area contributed by atoms with Gasteiger partial charge in [-0.05, 0) is 38.5 Å². The van der Waals surface area contributed by atoms with Gasteiger partial charge in [-0.15, -0.1) is 0 Å². The lowest BCUT2D eigenvalue weighted by atomic mass is 9.86. The van der Waals surface area contributed by atoms with E-state index in [1.165, 1.54) is 6.20 Å². The first kappa shape index (κ1) is 17.6. The zero-order chi connectivity index (χ0) is 17.6. The minimum absolute atomic E-state index is 0.00117. The van der Waals surface area contributed by atoms with Gasteiger partial charge in [0.25, 0.3) is 0 Å². The quantitative estimate of drug-likeness (QED) is 0.877. The van der Waals surface area contributed by atoms with Gasteiger partial charge in [0.15, 0.2) is 0 Å². The van der Waals surface area contributed by atoms with E-state index in [1.54, 1.807) is 13.3 Å². The number of ketones is 1. The van der Waals surface area contributed by atoms with Crippen LogP contribution < -0.4 is 14.8 Å². The van der Waals surface area contributed by atoms with Crippen molar-refractivity contribution >= 4 is 11.7 Å². The fourth-order valence-corrected chi connectivity index (χ4v) is 3.50. The van der Waals surface area contributed by atoms with Crippen molar-refractivity contribution in [2.45, 2.75) is 63.5 Å². The Kier molecular flexibility index (Phi) is 5.83. The fraction of sp³-hybridized carbons (Fsp3) is 0.667. The summed E-state index contributed by atoms with van der Waals surface area (Å²) in [5.41, 5.74) is 0. The topological polar surface area (TPSA) is 90.4 Å². The third kappa shape index (κ3) is 4.90. The summed E-state index contributed by atoms with van der Waals surface area (Å²) in [6.07, 6.45) is 9.19. The SMILES string of the molecule is COc1cncc(OC2CCC(NC(=O)C3CCC(=O)CC3)CC2)n1. The number of nitrogens with zero attached hydrogens (tertiary/aromatic N) is 2. The van der Waals surface area contributed by atoms with Crippen molar-refractivity contribution in [1.29, 1.82) is 0 Å². The van der Waals surface area contributed by atoms with Crippen LogP contribution in [-0.4, -0.2) is 40.9 Å². The standard InChI is InChI=1S/C18H25N3O4/c1-24-16-10-19-11-17(21-16)25-15-8-4-13(5-9-15)20-18(23)12-2-6-14(22)7-3-12/h10-13,15H,2-9H2,1H3,(H,20,23). The maximum absolute atomic E-state index is 12.3. The van der Waals surface area contributed by atoms with E-state index in [0.717, 1.165) is 25.7 Å². The molecule has 7 heteroatoms. The van der Waals surface area contributed by atoms with Crippen LogP contribution in [0.3, 0.4) is 0 Å². The average Bonchev–Trinajstić information content (AvgIpc) is 2.64. The minimum Gasteiger partial charge on any atom is -0.480 e. The Balaban J connectivity index is 1.42. The number of aromatic nitrogens is 2. The van der Waals surface area contributed by atoms with E-state index < -0.39 is 0 Å². The molecule has 0 unspecified atom stereocenters. The molecule has 1 amide bonds. The molecule has 1 N–H and O–H groups in total. The maximum atomic E-state index is 12.3. The zero-order valence-corrected chi connectivity index (χ0v) is 14.6. The summed E-state index contributed by atoms with van der Waals surface area (Å²) in [7, 11) is 1.55. The molecule has 25 heavy (non-hydrogen) atoms. The van der Waals surface area contributed by atoms with Gasteiger partial charge in [-0.2, -0.15) is 4.98 Å². The molecule has 2 aliphatic rings. The molecule has 0 bridgehead atoms. The maximum Gasteiger partial charge on any atom is 0.235 e. The van der Waals surface area contributed by atoms with E-state index in [4.69, 9.17) is 9.47 Å². The Bertz CT molecular complexity index is 604. The van der Waals surface area contributed by atoms with Gasteiger partial charge >= 0.3 is 0 Å². The van der Waals surface area contributed by atoms with E-state index in [-0.39, 0.29) is 29.8 Å². The molecular formula is C18H25N3O4. The second-order valence-corrected chi connectivity index (χ2v) is 6.81. The van der Waals surface area contributed by atoms with Crippen LogP contribution >= 0.6 is 0 Å². The van der Waals surface area contributed by atoms with Gasteiger partial charge in [0.1, 0.15) is 11.9 Å². The van der Waals surface area contributed by atoms with E-state index >= 15 is 0 Å². The summed E-state index contributed by atoms with van der Waals surface area (Å²) in [6, 6.07) is 0.196. The van der Waals surface area contributed by atoms with E-state index in [0.29, 0.717) is 37.4 Å². The largest absolute Gasteiger partial charge is 0.480 e. The number of rotatable bonds is 5. The first-order chi connectivity index (χ1) is 12.1. The average molecular weight is 347 g/mol. The zero-order valence-electron chi connectivity index (χ0n) is 14.6. The monoisotopic (exact) mass is 347 g/mol. The van der Waals surface area contributed by atoms with Crippen LogP contribution in [0.1, 0.15) is 51.4 Å². The van der Waals surface area contributed by atoms with Gasteiger partial charge in [0, 0.05) is 24.8 Å². The lowest BCUT2D eigenvalue weighted by molar-refractivity contribution is -0.129. The summed E-state index contributed by atoms with van der Waals surface area (Å²) in [5.74, 6) is 1.29. The van der Waals surface area contributed by atoms with E-state index in [2.05, 4.69) is 15.3 Å². The molecule has 2 saturated carbocycles. The molecule has 0 radical (unpaired) electrons. The normalized spacial score (nSPS) is 24.6. The van der Waals surface area contributed by atoms with Crippen LogP contribution in [0.25, 0.3) is 0 Å². The third-order valence-electron chi connectivity index (χ3n) is 5.02. The molecule has 2 aliphatic carbocycles. The Labute approximate surface area is 147 Å². The number of carbonyl (C=O) groups excluding carboxylic acids is 2. The predicted molar refractivity (Wildman–Crippen MR) is 90.4 cm³/mol. The molecule has 0 atom stereocenters. The smallest absolute Gasteiger partial charge is 0.235 e. The van der Waals surface area contributed by atoms with Gasteiger partial charge in [0.05, 0.1) is 19.5 Å². The van der Waals surface area contributed by atoms with E-state index in [1.807, 2.05) is 0 Å². The van der Waals surface area contributed by atoms with Gasteiger partial charge < -0.3 is 14.8 Å². The van der Waals surface area contributed by atoms with Crippen molar-refractivity contribution in [3.8, 4) is 11.8 Å². The second-order valence-electron chi connectivity index (χ2n) is 6.81. The number of Topliss-reactive ketones (excluding diaryl/α,β-unsaturated/α-hetero) is 1. The molecular weight excluding hydrogens is 322 g/mol. The molecule has 0 saturated heterocycles. The van der Waals surface area contributed by atoms with Crippen LogP contribution in [0.15, 0.2) is 12.4 Å². The number of ether oxygens (including phenoxy) is 2. The molecule has 1 heterocycles. The summed E-state index contributed by atoms with van der Waals surface area (Å²) in [6.45, 7) is 0. The van der Waals surface area contributed by atoms with Crippen molar-refractivity contribution in [2.24, 2.45) is 5.92 Å². The van der Waals surface area contributed by atoms with Crippen LogP contribution in [0, 0.1) is 5.92 Å². The highest BCUT2D eigenvalue weighted by Gasteiger charge is 2.29. The Hall–Kier alpha value is -2.18. The summed E-state index contributed by atoms with van der Waals surface area (Å²) < 4.78 is 10.9. The Morgan fingerprint density at radius 1 is 1.08 bits per heavy atom. The summed E-state index contributed by atoms with van der Waals surface area (Å²) in [4.78, 5) is 31.9. The first-order valence-corrected chi connectivity index (χ1v) is 8.99. The molecule has 136 valence electrons. The van der Waals surface area contributed by atoms with Gasteiger partial charge in [0.2, 0.25) is 17.7 Å². The minimum atomic E-state index is -0.00117. The van der Waals surface area contributed by atoms with Gasteiger partial charge in [-0.25, -0.2) is 0 Å². The van der Waals surface area contributed by atoms with Crippen molar-refractivity contribution in [1.82, 2.24) is 15.3 Å². The van der Waals surface area contributed by atoms with Crippen LogP contribution in [0.5, 0.6) is 11.8 Å². The van der Waals surface area contributed by atoms with Gasteiger partial charge in [-0.3, -0.25) is 14.6 Å². The van der Waals surface area contributed by atoms with Crippen LogP contribution in [0.2, 0.25) is 0 Å². The number of hydrogen-bond donors (Lipinski definition) is 1. The van der Waals surface area contributed by atoms with Crippen molar-refractivity contribution < 1.29 is 19.1 Å². The van der Waals surface area contributed by atoms with Crippen LogP contribution in [0.4, 0.5) is 0 Å². The molecule has 1 aromatic heterocycles. The Morgan fingerprint density at radius 3 is 2.44 bits per heavy atom. The number of nitrogens with one attached hydrogen (secondary N) is 1. The first-order valence-electron chi connectivity index (χ1n) is 8.99. The highest BCUT2D eigenvalue weighted by molar-refractivity contribution is 5.84. The summed E-state index contributed by atoms with van der Waals surface area (Å²) in [5, 5.41) is 3.15. The lowest BCUT2D eigenvalue weighted by Gasteiger charge is -2.30. The molecule has 0 aromatic carbocycles. The molecule has 0 aliphatic heterocycles. The number of amides is 1. The highest BCUT2D eigenvalue weighted by Crippen LogP contribution is 2.25. The predicted octanol–water partition coefficient (Wildman–Crippen LogP) is 2.05. The van der Waals surface area contributed by atoms with Crippen molar-refractivity contribution in [3.05, 3.63) is 12.4 Å². The van der Waals surface area contributed by atoms with Crippen molar-refractivity contribution in [3.63, 3.8) is 0 Å². The Morgan fingerprint density at radius 2 is 1.76 bits per heavy atom. The number of methoxy groups -OCH3 is 1. The molecule has 1 aromatic rings. The van der Waals surface area contributed by atoms with Gasteiger partial charge in [-0.1, -0.05) is 0 Å². The summed E-state index contributed by atoms with van der Waals surface area (Å²) >= 11 is 0. The number of hydrogen-bond acceptors (Lipinski definition) is 6. The van der Waals surface area contributed by atoms with E-state index in [9.17, 15) is 9.59 Å². The molecule has 3 rings (SSSR count). The second kappa shape index (κ2) is 8.27. The lowest BCUT2D eigenvalue weighted by Crippen LogP contribution is -2.43. The molecule has 2 fully saturated rings. The number of carbonyl (C=O) groups is 2. The molecule has 0 spiro atoms. The van der Waals surface area contributed by atoms with Crippen LogP contribution in [-0.2, 0) is 9.59 Å². The van der Waals surface area contributed by atoms with Crippen molar-refractivity contribution in [2.75, 3.05) is 7.11 Å². The highest BCUT2D eigenvalue weighted by atomic mass is 16.5. The molecule has 7 nitrogen and oxygen atoms in total. The fourth-order valence-electron chi connectivity index (χ4n) is 3.50.